The van der Waals surface area contributed by atoms with Crippen molar-refractivity contribution in [2.24, 2.45) is 10.7 Å². The van der Waals surface area contributed by atoms with Crippen LogP contribution in [0.4, 0.5) is 5.69 Å². The van der Waals surface area contributed by atoms with Gasteiger partial charge in [0.15, 0.2) is 5.96 Å². The largest absolute Gasteiger partial charge is 0.378 e. The minimum Gasteiger partial charge on any atom is -0.378 e. The first kappa shape index (κ1) is 13.9. The molecule has 0 aromatic heterocycles. The number of nitrogens with two attached hydrogens (primary N) is 1. The van der Waals surface area contributed by atoms with Crippen LogP contribution in [0.15, 0.2) is 29.3 Å². The average molecular weight is 288 g/mol. The van der Waals surface area contributed by atoms with E-state index in [9.17, 15) is 4.79 Å². The molecule has 1 aromatic rings. The Balaban J connectivity index is 1.59. The van der Waals surface area contributed by atoms with Crippen molar-refractivity contribution in [1.82, 2.24) is 4.90 Å². The van der Waals surface area contributed by atoms with Crippen molar-refractivity contribution in [3.05, 3.63) is 29.8 Å². The van der Waals surface area contributed by atoms with Crippen molar-refractivity contribution in [1.29, 1.82) is 0 Å². The van der Waals surface area contributed by atoms with Crippen LogP contribution in [0.1, 0.15) is 5.56 Å². The first-order chi connectivity index (χ1) is 10.3. The zero-order valence-electron chi connectivity index (χ0n) is 12.0. The molecule has 21 heavy (non-hydrogen) atoms. The van der Waals surface area contributed by atoms with Gasteiger partial charge < -0.3 is 20.3 Å². The molecule has 6 nitrogen and oxygen atoms in total. The van der Waals surface area contributed by atoms with E-state index in [1.165, 1.54) is 0 Å². The number of hydrogen-bond acceptors (Lipinski definition) is 3. The lowest BCUT2D eigenvalue weighted by atomic mass is 10.2. The third-order valence-electron chi connectivity index (χ3n) is 3.86. The van der Waals surface area contributed by atoms with E-state index in [0.29, 0.717) is 38.7 Å². The van der Waals surface area contributed by atoms with Crippen molar-refractivity contribution < 1.29 is 9.53 Å². The van der Waals surface area contributed by atoms with Crippen LogP contribution in [0, 0.1) is 0 Å². The van der Waals surface area contributed by atoms with Gasteiger partial charge in [-0.05, 0) is 11.6 Å². The zero-order chi connectivity index (χ0) is 14.7. The van der Waals surface area contributed by atoms with Gasteiger partial charge in [0.05, 0.1) is 26.2 Å². The van der Waals surface area contributed by atoms with E-state index >= 15 is 0 Å². The molecule has 0 aliphatic carbocycles. The maximum absolute atomic E-state index is 12.0. The van der Waals surface area contributed by atoms with Crippen LogP contribution in [0.3, 0.4) is 0 Å². The van der Waals surface area contributed by atoms with E-state index in [1.807, 2.05) is 29.2 Å². The van der Waals surface area contributed by atoms with Crippen LogP contribution in [0.2, 0.25) is 0 Å². The molecule has 2 N–H and O–H groups in total. The summed E-state index contributed by atoms with van der Waals surface area (Å²) in [7, 11) is 0. The number of carbonyl (C=O) groups is 1. The Bertz CT molecular complexity index is 552. The molecule has 0 saturated carbocycles. The number of para-hydroxylation sites is 1. The quantitative estimate of drug-likeness (QED) is 0.638. The van der Waals surface area contributed by atoms with Gasteiger partial charge in [0, 0.05) is 25.3 Å². The fraction of sp³-hybridized carbons (Fsp3) is 0.467. The number of ether oxygens (including phenoxy) is 1. The maximum Gasteiger partial charge on any atom is 0.231 e. The standard InChI is InChI=1S/C15H20N4O2/c16-15(18-7-9-21-10-8-18)17-5-6-19-13-4-2-1-3-12(13)11-14(19)20/h1-4H,5-11H2,(H2,16,17). The summed E-state index contributed by atoms with van der Waals surface area (Å²) in [4.78, 5) is 20.2. The SMILES string of the molecule is NC(=NCCN1C(=O)Cc2ccccc21)N1CCOCC1. The Hall–Kier alpha value is -2.08. The molecule has 1 fully saturated rings. The lowest BCUT2D eigenvalue weighted by Crippen LogP contribution is -2.45. The van der Waals surface area contributed by atoms with E-state index in [-0.39, 0.29) is 5.91 Å². The molecule has 0 bridgehead atoms. The molecule has 0 unspecified atom stereocenters. The summed E-state index contributed by atoms with van der Waals surface area (Å²) in [5.41, 5.74) is 8.07. The van der Waals surface area contributed by atoms with Gasteiger partial charge in [0.2, 0.25) is 5.91 Å². The number of aliphatic imine (C=N–C) groups is 1. The van der Waals surface area contributed by atoms with Crippen LogP contribution in [0.25, 0.3) is 0 Å². The number of hydrogen-bond donors (Lipinski definition) is 1. The molecule has 1 saturated heterocycles. The molecule has 112 valence electrons. The Morgan fingerprint density at radius 3 is 2.86 bits per heavy atom. The monoisotopic (exact) mass is 288 g/mol. The molecule has 3 rings (SSSR count). The molecule has 2 heterocycles. The van der Waals surface area contributed by atoms with Gasteiger partial charge in [-0.3, -0.25) is 9.79 Å². The minimum atomic E-state index is 0.136. The summed E-state index contributed by atoms with van der Waals surface area (Å²) >= 11 is 0. The molecule has 2 aliphatic rings. The van der Waals surface area contributed by atoms with Crippen LogP contribution in [-0.2, 0) is 16.0 Å². The van der Waals surface area contributed by atoms with Gasteiger partial charge in [-0.1, -0.05) is 18.2 Å². The predicted octanol–water partition coefficient (Wildman–Crippen LogP) is 0.223. The summed E-state index contributed by atoms with van der Waals surface area (Å²) < 4.78 is 5.28. The Kier molecular flexibility index (Phi) is 4.06. The second-order valence-corrected chi connectivity index (χ2v) is 5.19. The number of amides is 1. The fourth-order valence-corrected chi connectivity index (χ4v) is 2.72. The summed E-state index contributed by atoms with van der Waals surface area (Å²) in [6.45, 7) is 4.02. The van der Waals surface area contributed by atoms with Gasteiger partial charge in [0.1, 0.15) is 0 Å². The summed E-state index contributed by atoms with van der Waals surface area (Å²) in [5.74, 6) is 0.676. The van der Waals surface area contributed by atoms with E-state index in [0.717, 1.165) is 24.3 Å². The van der Waals surface area contributed by atoms with Gasteiger partial charge >= 0.3 is 0 Å². The lowest BCUT2D eigenvalue weighted by molar-refractivity contribution is -0.117. The molecule has 1 amide bonds. The van der Waals surface area contributed by atoms with Crippen LogP contribution >= 0.6 is 0 Å². The van der Waals surface area contributed by atoms with Crippen molar-refractivity contribution >= 4 is 17.6 Å². The molecule has 0 atom stereocenters. The van der Waals surface area contributed by atoms with Crippen LogP contribution in [0.5, 0.6) is 0 Å². The summed E-state index contributed by atoms with van der Waals surface area (Å²) in [6.07, 6.45) is 0.485. The molecule has 2 aliphatic heterocycles. The van der Waals surface area contributed by atoms with E-state index in [2.05, 4.69) is 4.99 Å². The van der Waals surface area contributed by atoms with E-state index < -0.39 is 0 Å². The van der Waals surface area contributed by atoms with Crippen molar-refractivity contribution in [2.45, 2.75) is 6.42 Å². The van der Waals surface area contributed by atoms with E-state index in [1.54, 1.807) is 4.90 Å². The normalized spacial score (nSPS) is 19.0. The lowest BCUT2D eigenvalue weighted by Gasteiger charge is -2.27. The molecular weight excluding hydrogens is 268 g/mol. The number of carbonyl (C=O) groups excluding carboxylic acids is 1. The van der Waals surface area contributed by atoms with Crippen molar-refractivity contribution in [3.8, 4) is 0 Å². The Morgan fingerprint density at radius 1 is 1.29 bits per heavy atom. The number of morpholine rings is 1. The van der Waals surface area contributed by atoms with Crippen LogP contribution in [-0.4, -0.2) is 56.2 Å². The average Bonchev–Trinajstić information content (AvgIpc) is 2.84. The third-order valence-corrected chi connectivity index (χ3v) is 3.86. The Morgan fingerprint density at radius 2 is 2.05 bits per heavy atom. The molecule has 0 radical (unpaired) electrons. The van der Waals surface area contributed by atoms with Gasteiger partial charge in [-0.2, -0.15) is 0 Å². The van der Waals surface area contributed by atoms with Crippen molar-refractivity contribution in [3.63, 3.8) is 0 Å². The highest BCUT2D eigenvalue weighted by Gasteiger charge is 2.26. The highest BCUT2D eigenvalue weighted by Crippen LogP contribution is 2.27. The maximum atomic E-state index is 12.0. The summed E-state index contributed by atoms with van der Waals surface area (Å²) in [6, 6.07) is 7.90. The molecule has 0 spiro atoms. The second kappa shape index (κ2) is 6.13. The Labute approximate surface area is 124 Å². The summed E-state index contributed by atoms with van der Waals surface area (Å²) in [5, 5.41) is 0. The highest BCUT2D eigenvalue weighted by molar-refractivity contribution is 6.01. The first-order valence-electron chi connectivity index (χ1n) is 7.26. The number of nitrogens with zero attached hydrogens (tertiary/aromatic N) is 3. The van der Waals surface area contributed by atoms with E-state index in [4.69, 9.17) is 10.5 Å². The van der Waals surface area contributed by atoms with Gasteiger partial charge in [-0.15, -0.1) is 0 Å². The number of anilines is 1. The minimum absolute atomic E-state index is 0.136. The number of rotatable bonds is 3. The number of guanidine groups is 1. The topological polar surface area (TPSA) is 71.2 Å². The predicted molar refractivity (Wildman–Crippen MR) is 81.4 cm³/mol. The first-order valence-corrected chi connectivity index (χ1v) is 7.26. The zero-order valence-corrected chi connectivity index (χ0v) is 12.0. The molecule has 1 aromatic carbocycles. The van der Waals surface area contributed by atoms with Crippen molar-refractivity contribution in [2.75, 3.05) is 44.3 Å². The smallest absolute Gasteiger partial charge is 0.231 e. The third kappa shape index (κ3) is 3.00. The number of fused-ring (bicyclic) bond motifs is 1. The van der Waals surface area contributed by atoms with Crippen LogP contribution < -0.4 is 10.6 Å². The number of benzene rings is 1. The fourth-order valence-electron chi connectivity index (χ4n) is 2.72. The second-order valence-electron chi connectivity index (χ2n) is 5.19. The van der Waals surface area contributed by atoms with Gasteiger partial charge in [-0.25, -0.2) is 0 Å². The van der Waals surface area contributed by atoms with Gasteiger partial charge in [0.25, 0.3) is 0 Å². The highest BCUT2D eigenvalue weighted by atomic mass is 16.5. The molecular formula is C15H20N4O2. The molecule has 6 heteroatoms.